The molecule has 4 heterocycles. The maximum atomic E-state index is 9.64. The van der Waals surface area contributed by atoms with E-state index < -0.39 is 0 Å². The van der Waals surface area contributed by atoms with Gasteiger partial charge in [0.1, 0.15) is 34.9 Å². The van der Waals surface area contributed by atoms with Crippen molar-refractivity contribution in [2.24, 2.45) is 0 Å². The number of fused-ring (bicyclic) bond motifs is 5. The first-order chi connectivity index (χ1) is 13.7. The van der Waals surface area contributed by atoms with Crippen molar-refractivity contribution in [1.29, 1.82) is 10.5 Å². The number of hydrogen-bond donors (Lipinski definition) is 1. The number of benzene rings is 1. The van der Waals surface area contributed by atoms with Crippen LogP contribution < -0.4 is 10.6 Å². The first-order valence-corrected chi connectivity index (χ1v) is 8.76. The second-order valence-electron chi connectivity index (χ2n) is 6.46. The van der Waals surface area contributed by atoms with Gasteiger partial charge in [0.05, 0.1) is 24.1 Å². The van der Waals surface area contributed by atoms with Crippen LogP contribution in [0.1, 0.15) is 11.3 Å². The summed E-state index contributed by atoms with van der Waals surface area (Å²) in [4.78, 5) is 11.4. The van der Waals surface area contributed by atoms with E-state index in [-0.39, 0.29) is 17.1 Å². The van der Waals surface area contributed by atoms with Gasteiger partial charge in [-0.25, -0.2) is 14.5 Å². The summed E-state index contributed by atoms with van der Waals surface area (Å²) >= 11 is 0. The van der Waals surface area contributed by atoms with Gasteiger partial charge in [0.25, 0.3) is 0 Å². The Hall–Kier alpha value is -3.95. The molecular weight excluding hydrogens is 356 g/mol. The molecule has 5 rings (SSSR count). The van der Waals surface area contributed by atoms with Crippen LogP contribution in [0.15, 0.2) is 24.3 Å². The van der Waals surface area contributed by atoms with Crippen molar-refractivity contribution in [3.05, 3.63) is 35.5 Å². The molecule has 1 aliphatic heterocycles. The molecule has 28 heavy (non-hydrogen) atoms. The lowest BCUT2D eigenvalue weighted by atomic mass is 10.1. The van der Waals surface area contributed by atoms with Gasteiger partial charge in [-0.05, 0) is 6.07 Å². The van der Waals surface area contributed by atoms with E-state index in [0.717, 1.165) is 16.7 Å². The van der Waals surface area contributed by atoms with E-state index >= 15 is 0 Å². The van der Waals surface area contributed by atoms with Gasteiger partial charge in [-0.1, -0.05) is 18.2 Å². The van der Waals surface area contributed by atoms with Crippen LogP contribution in [0, 0.1) is 22.7 Å². The molecule has 1 aromatic carbocycles. The minimum atomic E-state index is 0.00874. The van der Waals surface area contributed by atoms with Gasteiger partial charge in [-0.2, -0.15) is 15.6 Å². The topological polar surface area (TPSA) is 129 Å². The maximum absolute atomic E-state index is 9.64. The number of nitrogen functional groups attached to an aromatic ring is 1. The molecule has 136 valence electrons. The van der Waals surface area contributed by atoms with Gasteiger partial charge < -0.3 is 15.4 Å². The number of nitrogens with two attached hydrogens (primary N) is 1. The van der Waals surface area contributed by atoms with E-state index in [1.807, 2.05) is 36.4 Å². The van der Waals surface area contributed by atoms with Crippen molar-refractivity contribution in [2.75, 3.05) is 36.9 Å². The molecule has 0 amide bonds. The van der Waals surface area contributed by atoms with Gasteiger partial charge in [0.15, 0.2) is 11.3 Å². The van der Waals surface area contributed by atoms with Crippen LogP contribution in [-0.4, -0.2) is 45.9 Å². The van der Waals surface area contributed by atoms with Crippen LogP contribution in [0.5, 0.6) is 0 Å². The number of aromatic nitrogens is 4. The first-order valence-electron chi connectivity index (χ1n) is 8.76. The lowest BCUT2D eigenvalue weighted by Gasteiger charge is -2.28. The minimum Gasteiger partial charge on any atom is -0.382 e. The van der Waals surface area contributed by atoms with E-state index in [1.54, 1.807) is 0 Å². The van der Waals surface area contributed by atoms with Crippen LogP contribution in [0.2, 0.25) is 0 Å². The van der Waals surface area contributed by atoms with E-state index in [2.05, 4.69) is 15.0 Å². The van der Waals surface area contributed by atoms with Crippen molar-refractivity contribution in [2.45, 2.75) is 0 Å². The Kier molecular flexibility index (Phi) is 3.51. The molecule has 4 aromatic rings. The lowest BCUT2D eigenvalue weighted by molar-refractivity contribution is 0.122. The first kappa shape index (κ1) is 16.2. The summed E-state index contributed by atoms with van der Waals surface area (Å²) in [5.74, 6) is 0.738. The molecule has 3 aromatic heterocycles. The van der Waals surface area contributed by atoms with Gasteiger partial charge in [-0.3, -0.25) is 0 Å². The quantitative estimate of drug-likeness (QED) is 0.535. The number of anilines is 2. The van der Waals surface area contributed by atoms with E-state index in [0.29, 0.717) is 42.9 Å². The molecule has 0 aliphatic carbocycles. The van der Waals surface area contributed by atoms with Gasteiger partial charge >= 0.3 is 0 Å². The Morgan fingerprint density at radius 1 is 1.07 bits per heavy atom. The Morgan fingerprint density at radius 2 is 1.86 bits per heavy atom. The molecule has 0 bridgehead atoms. The van der Waals surface area contributed by atoms with Gasteiger partial charge in [-0.15, -0.1) is 0 Å². The monoisotopic (exact) mass is 370 g/mol. The van der Waals surface area contributed by atoms with E-state index in [9.17, 15) is 10.5 Å². The van der Waals surface area contributed by atoms with Crippen molar-refractivity contribution in [3.63, 3.8) is 0 Å². The van der Waals surface area contributed by atoms with Crippen molar-refractivity contribution in [3.8, 4) is 12.1 Å². The third kappa shape index (κ3) is 2.17. The zero-order valence-corrected chi connectivity index (χ0v) is 14.8. The molecule has 0 atom stereocenters. The maximum Gasteiger partial charge on any atom is 0.170 e. The average molecular weight is 370 g/mol. The third-order valence-electron chi connectivity index (χ3n) is 4.93. The zero-order valence-electron chi connectivity index (χ0n) is 14.8. The van der Waals surface area contributed by atoms with Crippen molar-refractivity contribution < 1.29 is 4.74 Å². The highest BCUT2D eigenvalue weighted by atomic mass is 16.5. The largest absolute Gasteiger partial charge is 0.382 e. The molecule has 1 aliphatic rings. The Morgan fingerprint density at radius 3 is 2.61 bits per heavy atom. The standard InChI is InChI=1S/C19H14N8O/c20-9-12-14(10-21)27-19(24-17(12)22)15-16(25-27)11-3-1-2-4-13(11)23-18(15)26-5-7-28-8-6-26/h1-4H,5-8H2,(H2,22,24). The molecule has 0 radical (unpaired) electrons. The lowest BCUT2D eigenvalue weighted by Crippen LogP contribution is -2.36. The normalized spacial score (nSPS) is 14.4. The Bertz CT molecular complexity index is 1340. The number of nitriles is 2. The van der Waals surface area contributed by atoms with Crippen LogP contribution in [0.3, 0.4) is 0 Å². The summed E-state index contributed by atoms with van der Waals surface area (Å²) < 4.78 is 6.87. The molecule has 1 fully saturated rings. The summed E-state index contributed by atoms with van der Waals surface area (Å²) in [6.45, 7) is 2.59. The molecule has 2 N–H and O–H groups in total. The fourth-order valence-corrected chi connectivity index (χ4v) is 3.62. The van der Waals surface area contributed by atoms with Crippen molar-refractivity contribution >= 4 is 39.1 Å². The fraction of sp³-hybridized carbons (Fsp3) is 0.211. The molecule has 0 unspecified atom stereocenters. The highest BCUT2D eigenvalue weighted by Crippen LogP contribution is 2.35. The number of para-hydroxylation sites is 1. The predicted octanol–water partition coefficient (Wildman–Crippen LogP) is 1.59. The highest BCUT2D eigenvalue weighted by Gasteiger charge is 2.24. The van der Waals surface area contributed by atoms with E-state index in [1.165, 1.54) is 4.52 Å². The predicted molar refractivity (Wildman–Crippen MR) is 103 cm³/mol. The van der Waals surface area contributed by atoms with E-state index in [4.69, 9.17) is 15.5 Å². The van der Waals surface area contributed by atoms with Crippen LogP contribution in [0.4, 0.5) is 11.6 Å². The molecule has 9 nitrogen and oxygen atoms in total. The summed E-state index contributed by atoms with van der Waals surface area (Å²) in [5, 5.41) is 25.2. The molecular formula is C19H14N8O. The van der Waals surface area contributed by atoms with Crippen LogP contribution in [-0.2, 0) is 4.74 Å². The minimum absolute atomic E-state index is 0.00874. The van der Waals surface area contributed by atoms with Crippen molar-refractivity contribution in [1.82, 2.24) is 19.6 Å². The molecule has 1 saturated heterocycles. The number of ether oxygens (including phenoxy) is 1. The summed E-state index contributed by atoms with van der Waals surface area (Å²) in [6, 6.07) is 11.7. The summed E-state index contributed by atoms with van der Waals surface area (Å²) in [7, 11) is 0. The smallest absolute Gasteiger partial charge is 0.170 e. The zero-order chi connectivity index (χ0) is 19.3. The average Bonchev–Trinajstić information content (AvgIpc) is 3.12. The van der Waals surface area contributed by atoms with Crippen LogP contribution in [0.25, 0.3) is 27.5 Å². The van der Waals surface area contributed by atoms with Gasteiger partial charge in [0, 0.05) is 18.5 Å². The number of pyridine rings is 1. The fourth-order valence-electron chi connectivity index (χ4n) is 3.62. The number of hydrogen-bond acceptors (Lipinski definition) is 8. The highest BCUT2D eigenvalue weighted by molar-refractivity contribution is 6.13. The number of nitrogens with zero attached hydrogens (tertiary/aromatic N) is 7. The Labute approximate surface area is 159 Å². The SMILES string of the molecule is N#Cc1c(N)nc2c3c(N4CCOCC4)nc4ccccc4c3nn2c1C#N. The number of morpholine rings is 1. The molecule has 9 heteroatoms. The van der Waals surface area contributed by atoms with Crippen LogP contribution >= 0.6 is 0 Å². The van der Waals surface area contributed by atoms with Gasteiger partial charge in [0.2, 0.25) is 0 Å². The third-order valence-corrected chi connectivity index (χ3v) is 4.93. The second-order valence-corrected chi connectivity index (χ2v) is 6.46. The second kappa shape index (κ2) is 6.05. The number of rotatable bonds is 1. The summed E-state index contributed by atoms with van der Waals surface area (Å²) in [6.07, 6.45) is 0. The summed E-state index contributed by atoms with van der Waals surface area (Å²) in [5.41, 5.74) is 7.96. The Balaban J connectivity index is 1.98. The molecule has 0 saturated carbocycles. The molecule has 0 spiro atoms.